The molecule has 1 aromatic rings. The second kappa shape index (κ2) is 5.71. The van der Waals surface area contributed by atoms with Crippen LogP contribution in [0.3, 0.4) is 0 Å². The van der Waals surface area contributed by atoms with Crippen LogP contribution in [0.1, 0.15) is 12.8 Å². The Hall–Kier alpha value is -1.75. The predicted octanol–water partition coefficient (Wildman–Crippen LogP) is 1.02. The molecule has 1 saturated heterocycles. The molecule has 2 heterocycles. The maximum absolute atomic E-state index is 11.1. The summed E-state index contributed by atoms with van der Waals surface area (Å²) in [6.45, 7) is 3.21. The fraction of sp³-hybridized carbons (Fsp3) is 0.533. The van der Waals surface area contributed by atoms with Crippen LogP contribution in [-0.4, -0.2) is 43.2 Å². The number of ether oxygens (including phenoxy) is 2. The second-order valence-corrected chi connectivity index (χ2v) is 5.47. The molecule has 1 amide bonds. The number of carbonyl (C=O) groups excluding carboxylic acids is 1. The van der Waals surface area contributed by atoms with E-state index in [-0.39, 0.29) is 17.9 Å². The van der Waals surface area contributed by atoms with Gasteiger partial charge in [0.25, 0.3) is 0 Å². The van der Waals surface area contributed by atoms with Crippen molar-refractivity contribution in [1.82, 2.24) is 4.90 Å². The summed E-state index contributed by atoms with van der Waals surface area (Å²) in [5.74, 6) is 1.50. The number of rotatable bonds is 3. The Morgan fingerprint density at radius 3 is 2.65 bits per heavy atom. The highest BCUT2D eigenvalue weighted by Gasteiger charge is 2.27. The Kier molecular flexibility index (Phi) is 3.78. The topological polar surface area (TPSA) is 64.8 Å². The molecule has 0 bridgehead atoms. The first-order valence-electron chi connectivity index (χ1n) is 7.12. The average Bonchev–Trinajstić information content (AvgIpc) is 2.48. The number of likely N-dealkylation sites (tertiary alicyclic amines) is 1. The minimum Gasteiger partial charge on any atom is -0.486 e. The third-order valence-corrected chi connectivity index (χ3v) is 4.02. The van der Waals surface area contributed by atoms with E-state index in [1.54, 1.807) is 0 Å². The van der Waals surface area contributed by atoms with E-state index in [1.165, 1.54) is 0 Å². The summed E-state index contributed by atoms with van der Waals surface area (Å²) in [7, 11) is 0. The van der Waals surface area contributed by atoms with E-state index in [0.717, 1.165) is 44.0 Å². The summed E-state index contributed by atoms with van der Waals surface area (Å²) in [6.07, 6.45) is 1.74. The van der Waals surface area contributed by atoms with Crippen LogP contribution in [0.4, 0.5) is 0 Å². The maximum Gasteiger partial charge on any atom is 0.220 e. The van der Waals surface area contributed by atoms with Gasteiger partial charge in [-0.3, -0.25) is 9.69 Å². The van der Waals surface area contributed by atoms with E-state index >= 15 is 0 Å². The van der Waals surface area contributed by atoms with Gasteiger partial charge >= 0.3 is 0 Å². The molecule has 1 atom stereocenters. The number of nitrogens with zero attached hydrogens (tertiary/aromatic N) is 1. The van der Waals surface area contributed by atoms with Crippen molar-refractivity contribution < 1.29 is 14.3 Å². The molecule has 0 aromatic heterocycles. The van der Waals surface area contributed by atoms with Crippen molar-refractivity contribution in [2.45, 2.75) is 18.9 Å². The zero-order valence-corrected chi connectivity index (χ0v) is 11.5. The fourth-order valence-corrected chi connectivity index (χ4v) is 2.84. The molecular formula is C15H20N2O3. The van der Waals surface area contributed by atoms with E-state index in [9.17, 15) is 4.79 Å². The molecule has 1 unspecified atom stereocenters. The SMILES string of the molecule is NC(=O)C1CCN(CC2COc3ccccc3O2)CC1. The Morgan fingerprint density at radius 2 is 1.95 bits per heavy atom. The number of amides is 1. The summed E-state index contributed by atoms with van der Waals surface area (Å²) >= 11 is 0. The Morgan fingerprint density at radius 1 is 1.25 bits per heavy atom. The van der Waals surface area contributed by atoms with E-state index in [0.29, 0.717) is 6.61 Å². The van der Waals surface area contributed by atoms with Gasteiger partial charge < -0.3 is 15.2 Å². The number of primary amides is 1. The minimum atomic E-state index is -0.171. The van der Waals surface area contributed by atoms with Gasteiger partial charge in [0.2, 0.25) is 5.91 Å². The summed E-state index contributed by atoms with van der Waals surface area (Å²) in [5.41, 5.74) is 5.35. The Labute approximate surface area is 118 Å². The van der Waals surface area contributed by atoms with Gasteiger partial charge in [-0.2, -0.15) is 0 Å². The number of piperidine rings is 1. The smallest absolute Gasteiger partial charge is 0.220 e. The third kappa shape index (κ3) is 2.88. The molecule has 108 valence electrons. The normalized spacial score (nSPS) is 23.5. The van der Waals surface area contributed by atoms with Crippen LogP contribution in [0.2, 0.25) is 0 Å². The van der Waals surface area contributed by atoms with Gasteiger partial charge in [-0.25, -0.2) is 0 Å². The van der Waals surface area contributed by atoms with Crippen LogP contribution in [-0.2, 0) is 4.79 Å². The fourth-order valence-electron chi connectivity index (χ4n) is 2.84. The second-order valence-electron chi connectivity index (χ2n) is 5.47. The first-order chi connectivity index (χ1) is 9.72. The molecule has 1 aromatic carbocycles. The summed E-state index contributed by atoms with van der Waals surface area (Å²) in [5, 5.41) is 0. The summed E-state index contributed by atoms with van der Waals surface area (Å²) < 4.78 is 11.7. The van der Waals surface area contributed by atoms with Gasteiger partial charge in [-0.15, -0.1) is 0 Å². The standard InChI is InChI=1S/C15H20N2O3/c16-15(18)11-5-7-17(8-6-11)9-12-10-19-13-3-1-2-4-14(13)20-12/h1-4,11-12H,5-10H2,(H2,16,18). The number of nitrogens with two attached hydrogens (primary N) is 1. The molecule has 5 heteroatoms. The van der Waals surface area contributed by atoms with Crippen molar-refractivity contribution in [1.29, 1.82) is 0 Å². The largest absolute Gasteiger partial charge is 0.486 e. The molecule has 2 N–H and O–H groups in total. The number of hydrogen-bond donors (Lipinski definition) is 1. The minimum absolute atomic E-state index is 0.0375. The quantitative estimate of drug-likeness (QED) is 0.895. The zero-order valence-electron chi connectivity index (χ0n) is 11.5. The predicted molar refractivity (Wildman–Crippen MR) is 74.7 cm³/mol. The van der Waals surface area contributed by atoms with Gasteiger partial charge in [-0.05, 0) is 38.1 Å². The van der Waals surface area contributed by atoms with E-state index < -0.39 is 0 Å². The van der Waals surface area contributed by atoms with E-state index in [4.69, 9.17) is 15.2 Å². The van der Waals surface area contributed by atoms with E-state index in [2.05, 4.69) is 4.90 Å². The monoisotopic (exact) mass is 276 g/mol. The zero-order chi connectivity index (χ0) is 13.9. The number of para-hydroxylation sites is 2. The van der Waals surface area contributed by atoms with Crippen molar-refractivity contribution in [3.63, 3.8) is 0 Å². The van der Waals surface area contributed by atoms with Crippen molar-refractivity contribution in [3.8, 4) is 11.5 Å². The molecule has 5 nitrogen and oxygen atoms in total. The van der Waals surface area contributed by atoms with Crippen LogP contribution in [0.25, 0.3) is 0 Å². The lowest BCUT2D eigenvalue weighted by molar-refractivity contribution is -0.123. The van der Waals surface area contributed by atoms with Crippen LogP contribution in [0.5, 0.6) is 11.5 Å². The van der Waals surface area contributed by atoms with Crippen LogP contribution in [0.15, 0.2) is 24.3 Å². The number of hydrogen-bond acceptors (Lipinski definition) is 4. The molecule has 2 aliphatic heterocycles. The van der Waals surface area contributed by atoms with E-state index in [1.807, 2.05) is 24.3 Å². The van der Waals surface area contributed by atoms with Crippen molar-refractivity contribution >= 4 is 5.91 Å². The van der Waals surface area contributed by atoms with Gasteiger partial charge in [0.1, 0.15) is 12.7 Å². The summed E-state index contributed by atoms with van der Waals surface area (Å²) in [6, 6.07) is 7.74. The number of fused-ring (bicyclic) bond motifs is 1. The van der Waals surface area contributed by atoms with Crippen LogP contribution >= 0.6 is 0 Å². The highest BCUT2D eigenvalue weighted by Crippen LogP contribution is 2.31. The number of carbonyl (C=O) groups is 1. The number of benzene rings is 1. The van der Waals surface area contributed by atoms with Crippen molar-refractivity contribution in [2.24, 2.45) is 11.7 Å². The molecule has 0 spiro atoms. The first-order valence-corrected chi connectivity index (χ1v) is 7.12. The molecule has 0 saturated carbocycles. The van der Waals surface area contributed by atoms with Gasteiger partial charge in [0.15, 0.2) is 11.5 Å². The van der Waals surface area contributed by atoms with Crippen molar-refractivity contribution in [3.05, 3.63) is 24.3 Å². The van der Waals surface area contributed by atoms with Gasteiger partial charge in [0, 0.05) is 12.5 Å². The lowest BCUT2D eigenvalue weighted by Crippen LogP contribution is -2.45. The highest BCUT2D eigenvalue weighted by atomic mass is 16.6. The molecule has 3 rings (SSSR count). The molecular weight excluding hydrogens is 256 g/mol. The first kappa shape index (κ1) is 13.2. The van der Waals surface area contributed by atoms with Crippen LogP contribution < -0.4 is 15.2 Å². The lowest BCUT2D eigenvalue weighted by atomic mass is 9.96. The molecule has 0 radical (unpaired) electrons. The highest BCUT2D eigenvalue weighted by molar-refractivity contribution is 5.76. The Balaban J connectivity index is 1.52. The Bertz CT molecular complexity index is 484. The molecule has 2 aliphatic rings. The van der Waals surface area contributed by atoms with Crippen LogP contribution in [0, 0.1) is 5.92 Å². The lowest BCUT2D eigenvalue weighted by Gasteiger charge is -2.34. The average molecular weight is 276 g/mol. The molecule has 1 fully saturated rings. The maximum atomic E-state index is 11.1. The van der Waals surface area contributed by atoms with Gasteiger partial charge in [0.05, 0.1) is 0 Å². The molecule has 20 heavy (non-hydrogen) atoms. The van der Waals surface area contributed by atoms with Gasteiger partial charge in [-0.1, -0.05) is 12.1 Å². The molecule has 0 aliphatic carbocycles. The van der Waals surface area contributed by atoms with Crippen molar-refractivity contribution in [2.75, 3.05) is 26.2 Å². The summed E-state index contributed by atoms with van der Waals surface area (Å²) in [4.78, 5) is 13.5. The third-order valence-electron chi connectivity index (χ3n) is 4.02.